The number of benzene rings is 2. The Morgan fingerprint density at radius 2 is 1.80 bits per heavy atom. The van der Waals surface area contributed by atoms with E-state index >= 15 is 0 Å². The van der Waals surface area contributed by atoms with Crippen molar-refractivity contribution in [3.63, 3.8) is 0 Å². The van der Waals surface area contributed by atoms with Gasteiger partial charge in [-0.05, 0) is 23.3 Å². The van der Waals surface area contributed by atoms with Crippen molar-refractivity contribution < 1.29 is 10.2 Å². The molecule has 2 heteroatoms. The van der Waals surface area contributed by atoms with Crippen LogP contribution in [0.2, 0.25) is 0 Å². The van der Waals surface area contributed by atoms with Crippen LogP contribution >= 0.6 is 0 Å². The number of rotatable bonds is 2. The molecular weight excluding hydrogens is 188 g/mol. The smallest absolute Gasteiger partial charge is 0.124 e. The summed E-state index contributed by atoms with van der Waals surface area (Å²) in [5.41, 5.74) is 2.43. The Morgan fingerprint density at radius 1 is 1.07 bits per heavy atom. The van der Waals surface area contributed by atoms with Crippen LogP contribution in [-0.4, -0.2) is 10.2 Å². The van der Waals surface area contributed by atoms with E-state index in [2.05, 4.69) is 6.07 Å². The van der Waals surface area contributed by atoms with Crippen LogP contribution in [0.4, 0.5) is 0 Å². The third-order valence-electron chi connectivity index (χ3n) is 2.26. The first-order valence-electron chi connectivity index (χ1n) is 4.71. The fraction of sp³-hybridized carbons (Fsp3) is 0.0769. The van der Waals surface area contributed by atoms with Crippen LogP contribution in [0, 0.1) is 6.07 Å². The molecule has 0 saturated carbocycles. The van der Waals surface area contributed by atoms with E-state index in [0.29, 0.717) is 5.56 Å². The van der Waals surface area contributed by atoms with Gasteiger partial charge >= 0.3 is 0 Å². The van der Waals surface area contributed by atoms with E-state index in [-0.39, 0.29) is 12.4 Å². The first kappa shape index (κ1) is 9.74. The van der Waals surface area contributed by atoms with Crippen molar-refractivity contribution in [1.29, 1.82) is 0 Å². The maximum atomic E-state index is 9.61. The van der Waals surface area contributed by atoms with Crippen LogP contribution in [0.25, 0.3) is 11.1 Å². The van der Waals surface area contributed by atoms with Crippen molar-refractivity contribution in [3.05, 3.63) is 54.1 Å². The van der Waals surface area contributed by atoms with Crippen LogP contribution in [0.1, 0.15) is 5.56 Å². The number of hydrogen-bond acceptors (Lipinski definition) is 2. The van der Waals surface area contributed by atoms with Gasteiger partial charge in [-0.15, -0.1) is 0 Å². The number of aromatic hydroxyl groups is 1. The van der Waals surface area contributed by atoms with Crippen molar-refractivity contribution in [1.82, 2.24) is 0 Å². The lowest BCUT2D eigenvalue weighted by atomic mass is 10.0. The fourth-order valence-electron chi connectivity index (χ4n) is 1.44. The van der Waals surface area contributed by atoms with Crippen molar-refractivity contribution in [2.45, 2.75) is 6.61 Å². The van der Waals surface area contributed by atoms with Crippen molar-refractivity contribution in [2.75, 3.05) is 0 Å². The predicted molar refractivity (Wildman–Crippen MR) is 58.3 cm³/mol. The molecule has 0 fully saturated rings. The van der Waals surface area contributed by atoms with E-state index in [4.69, 9.17) is 5.11 Å². The van der Waals surface area contributed by atoms with E-state index in [1.807, 2.05) is 24.3 Å². The molecule has 2 nitrogen and oxygen atoms in total. The second-order valence-corrected chi connectivity index (χ2v) is 3.29. The van der Waals surface area contributed by atoms with E-state index < -0.39 is 0 Å². The Bertz CT molecular complexity index is 446. The number of aliphatic hydroxyl groups is 1. The number of phenols is 1. The molecular formula is C13H11O2. The fourth-order valence-corrected chi connectivity index (χ4v) is 1.44. The van der Waals surface area contributed by atoms with Crippen LogP contribution in [0.5, 0.6) is 5.75 Å². The van der Waals surface area contributed by atoms with Crippen molar-refractivity contribution in [2.24, 2.45) is 0 Å². The average Bonchev–Trinajstić information content (AvgIpc) is 2.30. The van der Waals surface area contributed by atoms with Gasteiger partial charge in [0.1, 0.15) is 5.75 Å². The molecule has 0 aliphatic rings. The molecule has 0 bridgehead atoms. The average molecular weight is 199 g/mol. The minimum absolute atomic E-state index is 0.0325. The van der Waals surface area contributed by atoms with E-state index in [1.54, 1.807) is 18.2 Å². The standard InChI is InChI=1S/C13H11O2/c14-9-10-5-7-11(8-6-10)12-3-1-2-4-13(12)15/h1-2,4-8,14-15H,9H2. The van der Waals surface area contributed by atoms with E-state index in [1.165, 1.54) is 0 Å². The molecule has 0 aromatic heterocycles. The molecule has 0 aliphatic carbocycles. The molecule has 1 radical (unpaired) electrons. The molecule has 0 spiro atoms. The number of phenolic OH excluding ortho intramolecular Hbond substituents is 1. The highest BCUT2D eigenvalue weighted by atomic mass is 16.3. The summed E-state index contributed by atoms with van der Waals surface area (Å²) < 4.78 is 0. The summed E-state index contributed by atoms with van der Waals surface area (Å²) in [6.45, 7) is 0.0325. The molecule has 0 saturated heterocycles. The quantitative estimate of drug-likeness (QED) is 0.779. The zero-order valence-electron chi connectivity index (χ0n) is 8.14. The van der Waals surface area contributed by atoms with Crippen molar-refractivity contribution >= 4 is 0 Å². The summed E-state index contributed by atoms with van der Waals surface area (Å²) in [5.74, 6) is 0.217. The summed E-state index contributed by atoms with van der Waals surface area (Å²) in [5, 5.41) is 18.5. The van der Waals surface area contributed by atoms with Gasteiger partial charge in [0.2, 0.25) is 0 Å². The SMILES string of the molecule is OCc1ccc(-c2[c]cccc2O)cc1. The number of aliphatic hydroxyl groups excluding tert-OH is 1. The van der Waals surface area contributed by atoms with Gasteiger partial charge in [0.15, 0.2) is 0 Å². The zero-order chi connectivity index (χ0) is 10.7. The second kappa shape index (κ2) is 4.15. The summed E-state index contributed by atoms with van der Waals surface area (Å²) in [7, 11) is 0. The minimum Gasteiger partial charge on any atom is -0.507 e. The van der Waals surface area contributed by atoms with Gasteiger partial charge in [-0.2, -0.15) is 0 Å². The lowest BCUT2D eigenvalue weighted by Gasteiger charge is -2.04. The molecule has 0 unspecified atom stereocenters. The van der Waals surface area contributed by atoms with Gasteiger partial charge in [0, 0.05) is 5.56 Å². The lowest BCUT2D eigenvalue weighted by molar-refractivity contribution is 0.282. The summed E-state index contributed by atoms with van der Waals surface area (Å²) in [6, 6.07) is 15.5. The summed E-state index contributed by atoms with van der Waals surface area (Å²) in [4.78, 5) is 0. The topological polar surface area (TPSA) is 40.5 Å². The number of hydrogen-bond donors (Lipinski definition) is 2. The Hall–Kier alpha value is -1.80. The van der Waals surface area contributed by atoms with E-state index in [9.17, 15) is 5.11 Å². The van der Waals surface area contributed by atoms with Crippen molar-refractivity contribution in [3.8, 4) is 16.9 Å². The highest BCUT2D eigenvalue weighted by Crippen LogP contribution is 2.27. The highest BCUT2D eigenvalue weighted by molar-refractivity contribution is 5.69. The predicted octanol–water partition coefficient (Wildman–Crippen LogP) is 2.35. The second-order valence-electron chi connectivity index (χ2n) is 3.29. The molecule has 2 rings (SSSR count). The molecule has 0 heterocycles. The Labute approximate surface area is 88.4 Å². The highest BCUT2D eigenvalue weighted by Gasteiger charge is 2.02. The Balaban J connectivity index is 2.42. The monoisotopic (exact) mass is 199 g/mol. The molecule has 2 N–H and O–H groups in total. The van der Waals surface area contributed by atoms with Crippen LogP contribution < -0.4 is 0 Å². The van der Waals surface area contributed by atoms with Gasteiger partial charge in [-0.25, -0.2) is 0 Å². The maximum Gasteiger partial charge on any atom is 0.124 e. The largest absolute Gasteiger partial charge is 0.507 e. The first-order chi connectivity index (χ1) is 7.31. The first-order valence-corrected chi connectivity index (χ1v) is 4.71. The molecule has 0 amide bonds. The van der Waals surface area contributed by atoms with Crippen LogP contribution in [-0.2, 0) is 6.61 Å². The summed E-state index contributed by atoms with van der Waals surface area (Å²) in [6.07, 6.45) is 0. The molecule has 2 aromatic rings. The van der Waals surface area contributed by atoms with Gasteiger partial charge in [0.25, 0.3) is 0 Å². The molecule has 0 atom stereocenters. The van der Waals surface area contributed by atoms with Crippen LogP contribution in [0.15, 0.2) is 42.5 Å². The molecule has 75 valence electrons. The van der Waals surface area contributed by atoms with E-state index in [0.717, 1.165) is 11.1 Å². The van der Waals surface area contributed by atoms with Crippen LogP contribution in [0.3, 0.4) is 0 Å². The molecule has 15 heavy (non-hydrogen) atoms. The van der Waals surface area contributed by atoms with Gasteiger partial charge < -0.3 is 10.2 Å². The van der Waals surface area contributed by atoms with Gasteiger partial charge in [-0.1, -0.05) is 36.4 Å². The third-order valence-corrected chi connectivity index (χ3v) is 2.26. The molecule has 2 aromatic carbocycles. The summed E-state index contributed by atoms with van der Waals surface area (Å²) >= 11 is 0. The Morgan fingerprint density at radius 3 is 2.40 bits per heavy atom. The zero-order valence-corrected chi connectivity index (χ0v) is 8.14. The maximum absolute atomic E-state index is 9.61. The van der Waals surface area contributed by atoms with Gasteiger partial charge in [-0.3, -0.25) is 0 Å². The van der Waals surface area contributed by atoms with Gasteiger partial charge in [0.05, 0.1) is 6.61 Å². The Kier molecular flexibility index (Phi) is 2.70. The normalized spacial score (nSPS) is 10.2. The lowest BCUT2D eigenvalue weighted by Crippen LogP contribution is -1.83. The molecule has 0 aliphatic heterocycles. The minimum atomic E-state index is 0.0325. The third kappa shape index (κ3) is 2.00.